The molecule has 0 aliphatic carbocycles. The van der Waals surface area contributed by atoms with Crippen LogP contribution in [-0.4, -0.2) is 11.1 Å². The Balaban J connectivity index is 2.01. The van der Waals surface area contributed by atoms with E-state index in [9.17, 15) is 13.9 Å². The van der Waals surface area contributed by atoms with Gasteiger partial charge >= 0.3 is 0 Å². The Kier molecular flexibility index (Phi) is 4.29. The molecule has 2 atom stereocenters. The lowest BCUT2D eigenvalue weighted by atomic mass is 10.0. The predicted molar refractivity (Wildman–Crippen MR) is 66.3 cm³/mol. The minimum atomic E-state index is -1.13. The number of nitrogens with one attached hydrogen (secondary N) is 1. The molecule has 102 valence electrons. The number of benzene rings is 1. The van der Waals surface area contributed by atoms with E-state index in [4.69, 9.17) is 4.42 Å². The van der Waals surface area contributed by atoms with Gasteiger partial charge in [-0.15, -0.1) is 0 Å². The quantitative estimate of drug-likeness (QED) is 0.875. The molecule has 2 rings (SSSR count). The topological polar surface area (TPSA) is 45.4 Å². The van der Waals surface area contributed by atoms with E-state index in [1.54, 1.807) is 25.3 Å². The number of halogens is 2. The van der Waals surface area contributed by atoms with Gasteiger partial charge in [-0.05, 0) is 37.3 Å². The minimum absolute atomic E-state index is 0.0561. The fourth-order valence-corrected chi connectivity index (χ4v) is 1.80. The molecule has 0 fully saturated rings. The molecule has 2 aromatic rings. The van der Waals surface area contributed by atoms with E-state index in [1.165, 1.54) is 0 Å². The fourth-order valence-electron chi connectivity index (χ4n) is 1.80. The van der Waals surface area contributed by atoms with Crippen LogP contribution in [0.2, 0.25) is 0 Å². The molecule has 0 saturated carbocycles. The maximum atomic E-state index is 13.5. The normalized spacial score (nSPS) is 14.3. The lowest BCUT2D eigenvalue weighted by molar-refractivity contribution is 0.130. The Morgan fingerprint density at radius 2 is 2.11 bits per heavy atom. The van der Waals surface area contributed by atoms with Crippen LogP contribution in [0.3, 0.4) is 0 Å². The molecule has 0 spiro atoms. The number of hydrogen-bond acceptors (Lipinski definition) is 3. The molecule has 1 aromatic heterocycles. The highest BCUT2D eigenvalue weighted by molar-refractivity contribution is 5.22. The first-order valence-electron chi connectivity index (χ1n) is 5.96. The van der Waals surface area contributed by atoms with Crippen LogP contribution in [-0.2, 0) is 6.54 Å². The summed E-state index contributed by atoms with van der Waals surface area (Å²) < 4.78 is 31.7. The summed E-state index contributed by atoms with van der Waals surface area (Å²) in [7, 11) is 0. The summed E-state index contributed by atoms with van der Waals surface area (Å²) in [5.74, 6) is -0.493. The first-order chi connectivity index (χ1) is 9.08. The molecule has 1 heterocycles. The van der Waals surface area contributed by atoms with Crippen molar-refractivity contribution in [2.24, 2.45) is 0 Å². The average Bonchev–Trinajstić information content (AvgIpc) is 2.91. The van der Waals surface area contributed by atoms with Crippen LogP contribution < -0.4 is 5.32 Å². The minimum Gasteiger partial charge on any atom is -0.468 e. The monoisotopic (exact) mass is 267 g/mol. The van der Waals surface area contributed by atoms with Gasteiger partial charge in [-0.2, -0.15) is 0 Å². The number of hydrogen-bond donors (Lipinski definition) is 2. The van der Waals surface area contributed by atoms with Crippen LogP contribution in [0.4, 0.5) is 8.78 Å². The van der Waals surface area contributed by atoms with Crippen molar-refractivity contribution >= 4 is 0 Å². The zero-order valence-corrected chi connectivity index (χ0v) is 10.4. The van der Waals surface area contributed by atoms with Crippen LogP contribution in [0.25, 0.3) is 0 Å². The highest BCUT2D eigenvalue weighted by Crippen LogP contribution is 2.21. The highest BCUT2D eigenvalue weighted by Gasteiger charge is 2.20. The molecule has 0 aliphatic rings. The standard InChI is InChI=1S/C14H15F2NO2/c1-9(17-8-11-3-2-6-19-11)14(18)12-7-10(15)4-5-13(12)16/h2-7,9,14,17-18H,8H2,1H3. The van der Waals surface area contributed by atoms with Crippen molar-refractivity contribution in [1.82, 2.24) is 5.32 Å². The first kappa shape index (κ1) is 13.7. The molecule has 0 radical (unpaired) electrons. The van der Waals surface area contributed by atoms with Crippen molar-refractivity contribution in [3.8, 4) is 0 Å². The van der Waals surface area contributed by atoms with Gasteiger partial charge in [0, 0.05) is 11.6 Å². The van der Waals surface area contributed by atoms with Crippen molar-refractivity contribution in [2.45, 2.75) is 25.6 Å². The van der Waals surface area contributed by atoms with Gasteiger partial charge in [0.15, 0.2) is 0 Å². The zero-order valence-electron chi connectivity index (χ0n) is 10.4. The summed E-state index contributed by atoms with van der Waals surface area (Å²) in [6.07, 6.45) is 0.412. The third-order valence-electron chi connectivity index (χ3n) is 2.93. The van der Waals surface area contributed by atoms with Crippen LogP contribution in [0.5, 0.6) is 0 Å². The lowest BCUT2D eigenvalue weighted by Gasteiger charge is -2.20. The number of aliphatic hydroxyl groups excluding tert-OH is 1. The van der Waals surface area contributed by atoms with E-state index in [2.05, 4.69) is 5.32 Å². The molecule has 3 nitrogen and oxygen atoms in total. The maximum Gasteiger partial charge on any atom is 0.129 e. The van der Waals surface area contributed by atoms with E-state index in [1.807, 2.05) is 0 Å². The van der Waals surface area contributed by atoms with Gasteiger partial charge in [0.05, 0.1) is 18.9 Å². The highest BCUT2D eigenvalue weighted by atomic mass is 19.1. The summed E-state index contributed by atoms with van der Waals surface area (Å²) in [5, 5.41) is 13.0. The first-order valence-corrected chi connectivity index (χ1v) is 5.96. The molecule has 0 amide bonds. The second-order valence-corrected chi connectivity index (χ2v) is 4.36. The summed E-state index contributed by atoms with van der Waals surface area (Å²) in [6, 6.07) is 6.13. The molecule has 0 aliphatic heterocycles. The van der Waals surface area contributed by atoms with E-state index in [0.717, 1.165) is 18.2 Å². The van der Waals surface area contributed by atoms with Gasteiger partial charge in [0.25, 0.3) is 0 Å². The molecule has 5 heteroatoms. The van der Waals surface area contributed by atoms with Gasteiger partial charge < -0.3 is 14.8 Å². The van der Waals surface area contributed by atoms with Crippen molar-refractivity contribution < 1.29 is 18.3 Å². The fraction of sp³-hybridized carbons (Fsp3) is 0.286. The third-order valence-corrected chi connectivity index (χ3v) is 2.93. The van der Waals surface area contributed by atoms with E-state index in [0.29, 0.717) is 12.3 Å². The van der Waals surface area contributed by atoms with E-state index < -0.39 is 23.8 Å². The molecule has 19 heavy (non-hydrogen) atoms. The van der Waals surface area contributed by atoms with Gasteiger partial charge in [0.2, 0.25) is 0 Å². The van der Waals surface area contributed by atoms with Crippen LogP contribution >= 0.6 is 0 Å². The zero-order chi connectivity index (χ0) is 13.8. The van der Waals surface area contributed by atoms with Crippen LogP contribution in [0.15, 0.2) is 41.0 Å². The maximum absolute atomic E-state index is 13.5. The summed E-state index contributed by atoms with van der Waals surface area (Å²) >= 11 is 0. The van der Waals surface area contributed by atoms with Gasteiger partial charge in [-0.25, -0.2) is 8.78 Å². The molecular formula is C14H15F2NO2. The average molecular weight is 267 g/mol. The summed E-state index contributed by atoms with van der Waals surface area (Å²) in [6.45, 7) is 2.10. The summed E-state index contributed by atoms with van der Waals surface area (Å²) in [5.41, 5.74) is -0.0561. The molecule has 1 aromatic carbocycles. The Labute approximate surface area is 109 Å². The largest absolute Gasteiger partial charge is 0.468 e. The Hall–Kier alpha value is -1.72. The number of furan rings is 1. The smallest absolute Gasteiger partial charge is 0.129 e. The van der Waals surface area contributed by atoms with Crippen molar-refractivity contribution in [2.75, 3.05) is 0 Å². The number of aliphatic hydroxyl groups is 1. The molecule has 2 N–H and O–H groups in total. The van der Waals surface area contributed by atoms with Gasteiger partial charge in [0.1, 0.15) is 17.4 Å². The Bertz CT molecular complexity index is 528. The predicted octanol–water partition coefficient (Wildman–Crippen LogP) is 2.77. The van der Waals surface area contributed by atoms with Crippen molar-refractivity contribution in [3.05, 3.63) is 59.6 Å². The Morgan fingerprint density at radius 3 is 2.79 bits per heavy atom. The molecular weight excluding hydrogens is 252 g/mol. The Morgan fingerprint density at radius 1 is 1.32 bits per heavy atom. The van der Waals surface area contributed by atoms with E-state index in [-0.39, 0.29) is 5.56 Å². The SMILES string of the molecule is CC(NCc1ccco1)C(O)c1cc(F)ccc1F. The molecule has 2 unspecified atom stereocenters. The summed E-state index contributed by atoms with van der Waals surface area (Å²) in [4.78, 5) is 0. The lowest BCUT2D eigenvalue weighted by Crippen LogP contribution is -2.32. The van der Waals surface area contributed by atoms with Gasteiger partial charge in [-0.3, -0.25) is 0 Å². The number of rotatable bonds is 5. The third kappa shape index (κ3) is 3.39. The van der Waals surface area contributed by atoms with E-state index >= 15 is 0 Å². The van der Waals surface area contributed by atoms with Crippen molar-refractivity contribution in [1.29, 1.82) is 0 Å². The second-order valence-electron chi connectivity index (χ2n) is 4.36. The van der Waals surface area contributed by atoms with Crippen LogP contribution in [0, 0.1) is 11.6 Å². The van der Waals surface area contributed by atoms with Gasteiger partial charge in [-0.1, -0.05) is 0 Å². The van der Waals surface area contributed by atoms with Crippen molar-refractivity contribution in [3.63, 3.8) is 0 Å². The molecule has 0 saturated heterocycles. The molecule has 0 bridgehead atoms. The van der Waals surface area contributed by atoms with Crippen LogP contribution in [0.1, 0.15) is 24.4 Å². The second kappa shape index (κ2) is 5.95.